The van der Waals surface area contributed by atoms with E-state index in [0.29, 0.717) is 24.5 Å². The van der Waals surface area contributed by atoms with E-state index in [0.717, 1.165) is 29.5 Å². The number of aromatic nitrogens is 1. The van der Waals surface area contributed by atoms with Crippen molar-refractivity contribution >= 4 is 62.6 Å². The first-order valence-electron chi connectivity index (χ1n) is 8.25. The van der Waals surface area contributed by atoms with E-state index in [1.807, 2.05) is 31.2 Å². The van der Waals surface area contributed by atoms with Gasteiger partial charge in [0.25, 0.3) is 0 Å². The Morgan fingerprint density at radius 3 is 2.59 bits per heavy atom. The van der Waals surface area contributed by atoms with Crippen molar-refractivity contribution in [3.8, 4) is 10.6 Å². The molecule has 2 amide bonds. The van der Waals surface area contributed by atoms with Crippen molar-refractivity contribution in [3.05, 3.63) is 43.2 Å². The Morgan fingerprint density at radius 2 is 1.89 bits per heavy atom. The number of carbonyl (C=O) groups excluding carboxylic acids is 2. The van der Waals surface area contributed by atoms with Gasteiger partial charge in [0.15, 0.2) is 5.13 Å². The van der Waals surface area contributed by atoms with E-state index in [9.17, 15) is 9.59 Å². The number of thiophene rings is 2. The van der Waals surface area contributed by atoms with Crippen molar-refractivity contribution in [3.63, 3.8) is 0 Å². The first kappa shape index (κ1) is 20.0. The van der Waals surface area contributed by atoms with E-state index in [4.69, 9.17) is 11.6 Å². The van der Waals surface area contributed by atoms with Crippen LogP contribution in [-0.4, -0.2) is 16.8 Å². The predicted octanol–water partition coefficient (Wildman–Crippen LogP) is 5.10. The number of carbonyl (C=O) groups is 2. The summed E-state index contributed by atoms with van der Waals surface area (Å²) in [5.74, 6) is -0.109. The molecule has 27 heavy (non-hydrogen) atoms. The highest BCUT2D eigenvalue weighted by Crippen LogP contribution is 2.34. The van der Waals surface area contributed by atoms with Crippen LogP contribution < -0.4 is 10.6 Å². The second-order valence-corrected chi connectivity index (χ2v) is 10.0. The topological polar surface area (TPSA) is 71.1 Å². The molecule has 0 spiro atoms. The number of nitrogens with one attached hydrogen (secondary N) is 2. The third-order valence-corrected chi connectivity index (χ3v) is 6.95. The summed E-state index contributed by atoms with van der Waals surface area (Å²) < 4.78 is 0.736. The number of aryl methyl sites for hydroxylation is 2. The summed E-state index contributed by atoms with van der Waals surface area (Å²) in [6.07, 6.45) is 1.06. The predicted molar refractivity (Wildman–Crippen MR) is 114 cm³/mol. The highest BCUT2D eigenvalue weighted by Gasteiger charge is 2.14. The van der Waals surface area contributed by atoms with Gasteiger partial charge in [-0.1, -0.05) is 11.6 Å². The van der Waals surface area contributed by atoms with Crippen LogP contribution in [0.2, 0.25) is 4.34 Å². The van der Waals surface area contributed by atoms with Crippen LogP contribution in [-0.2, 0) is 22.6 Å². The molecule has 0 saturated heterocycles. The van der Waals surface area contributed by atoms with Gasteiger partial charge in [0.2, 0.25) is 11.8 Å². The maximum atomic E-state index is 12.2. The largest absolute Gasteiger partial charge is 0.351 e. The lowest BCUT2D eigenvalue weighted by Crippen LogP contribution is -2.17. The summed E-state index contributed by atoms with van der Waals surface area (Å²) in [6.45, 7) is 4.00. The van der Waals surface area contributed by atoms with Crippen LogP contribution in [0.3, 0.4) is 0 Å². The van der Waals surface area contributed by atoms with Crippen LogP contribution in [0.4, 0.5) is 5.13 Å². The van der Waals surface area contributed by atoms with Gasteiger partial charge in [-0.25, -0.2) is 4.98 Å². The van der Waals surface area contributed by atoms with Gasteiger partial charge in [-0.3, -0.25) is 9.59 Å². The average Bonchev–Trinajstić information content (AvgIpc) is 3.31. The minimum absolute atomic E-state index is 0.0513. The molecule has 0 aliphatic heterocycles. The quantitative estimate of drug-likeness (QED) is 0.537. The molecule has 0 atom stereocenters. The lowest BCUT2D eigenvalue weighted by atomic mass is 10.2. The molecule has 5 nitrogen and oxygen atoms in total. The fourth-order valence-corrected chi connectivity index (χ4v) is 5.39. The second kappa shape index (κ2) is 8.97. The Morgan fingerprint density at radius 1 is 1.11 bits per heavy atom. The number of thiazole rings is 1. The molecule has 3 aromatic rings. The third-order valence-electron chi connectivity index (χ3n) is 3.68. The highest BCUT2D eigenvalue weighted by atomic mass is 35.5. The molecule has 3 rings (SSSR count). The minimum Gasteiger partial charge on any atom is -0.351 e. The fraction of sp³-hybridized carbons (Fsp3) is 0.278. The lowest BCUT2D eigenvalue weighted by molar-refractivity contribution is -0.119. The van der Waals surface area contributed by atoms with E-state index in [-0.39, 0.29) is 11.8 Å². The molecule has 0 aromatic carbocycles. The van der Waals surface area contributed by atoms with E-state index in [2.05, 4.69) is 15.6 Å². The molecule has 0 aliphatic rings. The van der Waals surface area contributed by atoms with E-state index in [1.54, 1.807) is 11.3 Å². The van der Waals surface area contributed by atoms with Crippen molar-refractivity contribution in [2.45, 2.75) is 33.2 Å². The van der Waals surface area contributed by atoms with Crippen LogP contribution >= 0.6 is 45.6 Å². The molecular weight excluding hydrogens is 422 g/mol. The molecule has 3 aromatic heterocycles. The number of hydrogen-bond acceptors (Lipinski definition) is 6. The third kappa shape index (κ3) is 5.62. The average molecular weight is 440 g/mol. The van der Waals surface area contributed by atoms with Gasteiger partial charge in [0.05, 0.1) is 21.5 Å². The Kier molecular flexibility index (Phi) is 6.64. The normalized spacial score (nSPS) is 10.8. The van der Waals surface area contributed by atoms with Gasteiger partial charge >= 0.3 is 0 Å². The number of nitrogens with zero attached hydrogens (tertiary/aromatic N) is 1. The van der Waals surface area contributed by atoms with Crippen LogP contribution in [0.25, 0.3) is 10.6 Å². The van der Waals surface area contributed by atoms with Gasteiger partial charge in [0.1, 0.15) is 0 Å². The van der Waals surface area contributed by atoms with Gasteiger partial charge in [0, 0.05) is 28.0 Å². The first-order chi connectivity index (χ1) is 12.9. The molecule has 0 radical (unpaired) electrons. The zero-order valence-electron chi connectivity index (χ0n) is 14.8. The maximum Gasteiger partial charge on any atom is 0.226 e. The van der Waals surface area contributed by atoms with Gasteiger partial charge < -0.3 is 10.6 Å². The van der Waals surface area contributed by atoms with E-state index >= 15 is 0 Å². The molecule has 2 N–H and O–H groups in total. The molecular formula is C18H18ClN3O2S3. The SMILES string of the molecule is CC(=O)NCc1ccc(-c2nc(NC(=O)CCc3ccc(Cl)s3)sc2C)s1. The summed E-state index contributed by atoms with van der Waals surface area (Å²) in [5, 5.41) is 6.28. The van der Waals surface area contributed by atoms with Crippen molar-refractivity contribution in [1.29, 1.82) is 0 Å². The zero-order chi connectivity index (χ0) is 19.4. The second-order valence-electron chi connectivity index (χ2n) is 5.85. The Bertz CT molecular complexity index is 961. The number of halogens is 1. The maximum absolute atomic E-state index is 12.2. The van der Waals surface area contributed by atoms with Crippen molar-refractivity contribution in [2.24, 2.45) is 0 Å². The smallest absolute Gasteiger partial charge is 0.226 e. The Balaban J connectivity index is 1.60. The van der Waals surface area contributed by atoms with Gasteiger partial charge in [-0.2, -0.15) is 0 Å². The molecule has 0 unspecified atom stereocenters. The Hall–Kier alpha value is -1.74. The monoisotopic (exact) mass is 439 g/mol. The standard InChI is InChI=1S/C18H18ClN3O2S3/c1-10-17(14-6-3-13(26-14)9-20-11(2)23)22-18(25-10)21-16(24)8-5-12-4-7-15(19)27-12/h3-4,6-7H,5,8-9H2,1-2H3,(H,20,23)(H,21,22,24). The molecule has 0 fully saturated rings. The number of amides is 2. The Labute approximate surface area is 174 Å². The van der Waals surface area contributed by atoms with Gasteiger partial charge in [-0.15, -0.1) is 34.0 Å². The summed E-state index contributed by atoms with van der Waals surface area (Å²) in [7, 11) is 0. The van der Waals surface area contributed by atoms with Crippen molar-refractivity contribution in [1.82, 2.24) is 10.3 Å². The van der Waals surface area contributed by atoms with Crippen LogP contribution in [0.5, 0.6) is 0 Å². The molecule has 0 saturated carbocycles. The summed E-state index contributed by atoms with van der Waals surface area (Å²) in [6, 6.07) is 7.77. The highest BCUT2D eigenvalue weighted by molar-refractivity contribution is 7.18. The molecule has 9 heteroatoms. The number of hydrogen-bond donors (Lipinski definition) is 2. The van der Waals surface area contributed by atoms with E-state index in [1.165, 1.54) is 29.6 Å². The zero-order valence-corrected chi connectivity index (χ0v) is 18.0. The minimum atomic E-state index is -0.0580. The fourth-order valence-electron chi connectivity index (χ4n) is 2.39. The summed E-state index contributed by atoms with van der Waals surface area (Å²) >= 11 is 10.5. The molecule has 142 valence electrons. The first-order valence-corrected chi connectivity index (χ1v) is 11.1. The number of rotatable bonds is 7. The summed E-state index contributed by atoms with van der Waals surface area (Å²) in [4.78, 5) is 32.0. The van der Waals surface area contributed by atoms with E-state index < -0.39 is 0 Å². The molecule has 0 bridgehead atoms. The number of anilines is 1. The van der Waals surface area contributed by atoms with Gasteiger partial charge in [-0.05, 0) is 37.6 Å². The van der Waals surface area contributed by atoms with Crippen molar-refractivity contribution < 1.29 is 9.59 Å². The van der Waals surface area contributed by atoms with Crippen LogP contribution in [0.15, 0.2) is 24.3 Å². The lowest BCUT2D eigenvalue weighted by Gasteiger charge is -2.00. The molecule has 0 aliphatic carbocycles. The molecule has 3 heterocycles. The van der Waals surface area contributed by atoms with Crippen LogP contribution in [0.1, 0.15) is 28.0 Å². The van der Waals surface area contributed by atoms with Crippen LogP contribution in [0, 0.1) is 6.92 Å². The van der Waals surface area contributed by atoms with Crippen molar-refractivity contribution in [2.75, 3.05) is 5.32 Å². The summed E-state index contributed by atoms with van der Waals surface area (Å²) in [5.41, 5.74) is 0.874.